The van der Waals surface area contributed by atoms with Crippen molar-refractivity contribution in [2.45, 2.75) is 31.2 Å². The van der Waals surface area contributed by atoms with Crippen molar-refractivity contribution in [2.24, 2.45) is 0 Å². The number of fused-ring (bicyclic) bond motifs is 1. The van der Waals surface area contributed by atoms with E-state index >= 15 is 0 Å². The zero-order valence-corrected chi connectivity index (χ0v) is 14.3. The van der Waals surface area contributed by atoms with Crippen molar-refractivity contribution in [1.82, 2.24) is 19.8 Å². The Kier molecular flexibility index (Phi) is 4.37. The van der Waals surface area contributed by atoms with Crippen LogP contribution < -0.4 is 5.32 Å². The van der Waals surface area contributed by atoms with E-state index in [-0.39, 0.29) is 23.2 Å². The van der Waals surface area contributed by atoms with Crippen LogP contribution in [-0.4, -0.2) is 42.4 Å². The second-order valence-electron chi connectivity index (χ2n) is 5.54. The van der Waals surface area contributed by atoms with Crippen LogP contribution in [-0.2, 0) is 29.4 Å². The van der Waals surface area contributed by atoms with Crippen LogP contribution in [0.25, 0.3) is 0 Å². The predicted octanol–water partition coefficient (Wildman–Crippen LogP) is 0.739. The summed E-state index contributed by atoms with van der Waals surface area (Å²) in [4.78, 5) is 16.1. The summed E-state index contributed by atoms with van der Waals surface area (Å²) < 4.78 is 31.6. The zero-order valence-electron chi connectivity index (χ0n) is 13.4. The van der Waals surface area contributed by atoms with E-state index in [1.165, 1.54) is 19.2 Å². The Labute approximate surface area is 139 Å². The molecule has 0 atom stereocenters. The third-order valence-electron chi connectivity index (χ3n) is 3.90. The lowest BCUT2D eigenvalue weighted by atomic mass is 10.0. The maximum Gasteiger partial charge on any atom is 0.251 e. The Balaban J connectivity index is 1.86. The predicted molar refractivity (Wildman–Crippen MR) is 84.8 cm³/mol. The van der Waals surface area contributed by atoms with Crippen molar-refractivity contribution in [3.63, 3.8) is 0 Å². The summed E-state index contributed by atoms with van der Waals surface area (Å²) in [6.07, 6.45) is 1.30. The van der Waals surface area contributed by atoms with Crippen LogP contribution >= 0.6 is 0 Å². The molecule has 3 rings (SSSR count). The van der Waals surface area contributed by atoms with Crippen LogP contribution in [0.15, 0.2) is 27.6 Å². The first-order valence-electron chi connectivity index (χ1n) is 7.60. The molecular weight excluding hydrogens is 332 g/mol. The second kappa shape index (κ2) is 6.33. The summed E-state index contributed by atoms with van der Waals surface area (Å²) in [5.74, 6) is 0.510. The Morgan fingerprint density at radius 2 is 2.17 bits per heavy atom. The van der Waals surface area contributed by atoms with Crippen molar-refractivity contribution < 1.29 is 17.7 Å². The summed E-state index contributed by atoms with van der Waals surface area (Å²) in [5.41, 5.74) is 1.26. The topological polar surface area (TPSA) is 105 Å². The van der Waals surface area contributed by atoms with Gasteiger partial charge in [0.25, 0.3) is 5.91 Å². The number of carbonyl (C=O) groups is 1. The molecular formula is C15H18N4O4S. The highest BCUT2D eigenvalue weighted by atomic mass is 32.2. The number of aromatic nitrogens is 2. The largest absolute Gasteiger partial charge is 0.352 e. The van der Waals surface area contributed by atoms with E-state index in [0.29, 0.717) is 30.8 Å². The highest BCUT2D eigenvalue weighted by Gasteiger charge is 2.26. The SMILES string of the molecule is CCc1noc(CN(C)S(=O)(=O)c2ccc3c(c2)C(=O)NCC3)n1. The van der Waals surface area contributed by atoms with Gasteiger partial charge >= 0.3 is 0 Å². The minimum atomic E-state index is -3.77. The van der Waals surface area contributed by atoms with Crippen molar-refractivity contribution in [3.05, 3.63) is 41.0 Å². The van der Waals surface area contributed by atoms with Gasteiger partial charge in [0.1, 0.15) is 0 Å². The molecule has 0 fully saturated rings. The number of amides is 1. The van der Waals surface area contributed by atoms with Gasteiger partial charge in [-0.25, -0.2) is 8.42 Å². The van der Waals surface area contributed by atoms with Crippen LogP contribution in [0, 0.1) is 0 Å². The maximum absolute atomic E-state index is 12.7. The molecule has 128 valence electrons. The molecule has 0 bridgehead atoms. The minimum absolute atomic E-state index is 0.0292. The van der Waals surface area contributed by atoms with E-state index in [1.807, 2.05) is 6.92 Å². The number of rotatable bonds is 5. The molecule has 0 radical (unpaired) electrons. The molecule has 1 aromatic heterocycles. The lowest BCUT2D eigenvalue weighted by molar-refractivity contribution is 0.0945. The summed E-state index contributed by atoms with van der Waals surface area (Å²) in [7, 11) is -2.33. The van der Waals surface area contributed by atoms with Gasteiger partial charge < -0.3 is 9.84 Å². The van der Waals surface area contributed by atoms with E-state index in [2.05, 4.69) is 15.5 Å². The number of hydrogen-bond acceptors (Lipinski definition) is 6. The van der Waals surface area contributed by atoms with Gasteiger partial charge in [0.05, 0.1) is 11.4 Å². The normalized spacial score (nSPS) is 14.5. The Hall–Kier alpha value is -2.26. The zero-order chi connectivity index (χ0) is 17.3. The molecule has 1 N–H and O–H groups in total. The molecule has 0 saturated heterocycles. The average Bonchev–Trinajstić information content (AvgIpc) is 3.02. The Bertz CT molecular complexity index is 875. The van der Waals surface area contributed by atoms with E-state index in [9.17, 15) is 13.2 Å². The molecule has 0 spiro atoms. The smallest absolute Gasteiger partial charge is 0.251 e. The number of hydrogen-bond donors (Lipinski definition) is 1. The lowest BCUT2D eigenvalue weighted by Crippen LogP contribution is -2.32. The monoisotopic (exact) mass is 350 g/mol. The average molecular weight is 350 g/mol. The molecule has 0 unspecified atom stereocenters. The van der Waals surface area contributed by atoms with Crippen molar-refractivity contribution >= 4 is 15.9 Å². The lowest BCUT2D eigenvalue weighted by Gasteiger charge is -2.19. The molecule has 2 heterocycles. The fourth-order valence-corrected chi connectivity index (χ4v) is 3.65. The number of benzene rings is 1. The number of carbonyl (C=O) groups excluding carboxylic acids is 1. The van der Waals surface area contributed by atoms with Crippen LogP contribution in [0.2, 0.25) is 0 Å². The number of sulfonamides is 1. The summed E-state index contributed by atoms with van der Waals surface area (Å²) >= 11 is 0. The maximum atomic E-state index is 12.7. The van der Waals surface area contributed by atoms with E-state index in [4.69, 9.17) is 4.52 Å². The van der Waals surface area contributed by atoms with Crippen LogP contribution in [0.3, 0.4) is 0 Å². The quantitative estimate of drug-likeness (QED) is 0.852. The number of aryl methyl sites for hydroxylation is 1. The Morgan fingerprint density at radius 1 is 1.38 bits per heavy atom. The molecule has 0 aliphatic carbocycles. The highest BCUT2D eigenvalue weighted by Crippen LogP contribution is 2.22. The van der Waals surface area contributed by atoms with Crippen molar-refractivity contribution in [3.8, 4) is 0 Å². The molecule has 1 aliphatic rings. The van der Waals surface area contributed by atoms with Gasteiger partial charge in [0.2, 0.25) is 15.9 Å². The first-order valence-corrected chi connectivity index (χ1v) is 9.04. The third-order valence-corrected chi connectivity index (χ3v) is 5.70. The first-order chi connectivity index (χ1) is 11.4. The Morgan fingerprint density at radius 3 is 2.88 bits per heavy atom. The van der Waals surface area contributed by atoms with Gasteiger partial charge in [-0.05, 0) is 24.1 Å². The van der Waals surface area contributed by atoms with Crippen LogP contribution in [0.5, 0.6) is 0 Å². The fourth-order valence-electron chi connectivity index (χ4n) is 2.50. The van der Waals surface area contributed by atoms with Gasteiger partial charge in [0.15, 0.2) is 5.82 Å². The van der Waals surface area contributed by atoms with Gasteiger partial charge in [-0.2, -0.15) is 9.29 Å². The molecule has 1 aliphatic heterocycles. The molecule has 2 aromatic rings. The molecule has 24 heavy (non-hydrogen) atoms. The van der Waals surface area contributed by atoms with Crippen LogP contribution in [0.4, 0.5) is 0 Å². The highest BCUT2D eigenvalue weighted by molar-refractivity contribution is 7.89. The molecule has 1 aromatic carbocycles. The molecule has 9 heteroatoms. The van der Waals surface area contributed by atoms with E-state index in [1.54, 1.807) is 6.07 Å². The van der Waals surface area contributed by atoms with Crippen molar-refractivity contribution in [2.75, 3.05) is 13.6 Å². The minimum Gasteiger partial charge on any atom is -0.352 e. The second-order valence-corrected chi connectivity index (χ2v) is 7.59. The van der Waals surface area contributed by atoms with E-state index in [0.717, 1.165) is 9.87 Å². The van der Waals surface area contributed by atoms with Gasteiger partial charge in [-0.3, -0.25) is 4.79 Å². The number of nitrogens with zero attached hydrogens (tertiary/aromatic N) is 3. The molecule has 1 amide bonds. The summed E-state index contributed by atoms with van der Waals surface area (Å²) in [5, 5.41) is 6.46. The fraction of sp³-hybridized carbons (Fsp3) is 0.400. The van der Waals surface area contributed by atoms with Gasteiger partial charge in [-0.15, -0.1) is 0 Å². The standard InChI is InChI=1S/C15H18N4O4S/c1-3-13-17-14(23-18-13)9-19(2)24(21,22)11-5-4-10-6-7-16-15(20)12(10)8-11/h4-5,8H,3,6-7,9H2,1-2H3,(H,16,20). The van der Waals surface area contributed by atoms with Gasteiger partial charge in [-0.1, -0.05) is 18.1 Å². The van der Waals surface area contributed by atoms with Crippen molar-refractivity contribution in [1.29, 1.82) is 0 Å². The molecule has 0 saturated carbocycles. The summed E-state index contributed by atoms with van der Waals surface area (Å²) in [6.45, 7) is 2.42. The molecule has 8 nitrogen and oxygen atoms in total. The number of nitrogens with one attached hydrogen (secondary N) is 1. The third kappa shape index (κ3) is 3.04. The van der Waals surface area contributed by atoms with Crippen LogP contribution in [0.1, 0.15) is 34.6 Å². The summed E-state index contributed by atoms with van der Waals surface area (Å²) in [6, 6.07) is 4.63. The van der Waals surface area contributed by atoms with E-state index < -0.39 is 10.0 Å². The first kappa shape index (κ1) is 16.6. The van der Waals surface area contributed by atoms with Gasteiger partial charge in [0, 0.05) is 25.6 Å².